The summed E-state index contributed by atoms with van der Waals surface area (Å²) in [5.41, 5.74) is 1.28. The number of carbonyl (C=O) groups is 1. The maximum absolute atomic E-state index is 12.3. The number of para-hydroxylation sites is 2. The van der Waals surface area contributed by atoms with Crippen molar-refractivity contribution in [1.29, 1.82) is 0 Å². The molecule has 0 radical (unpaired) electrons. The van der Waals surface area contributed by atoms with Crippen molar-refractivity contribution in [2.75, 3.05) is 29.8 Å². The van der Waals surface area contributed by atoms with Crippen molar-refractivity contribution in [1.82, 2.24) is 10.2 Å². The van der Waals surface area contributed by atoms with Crippen LogP contribution in [-0.2, 0) is 4.79 Å². The number of hydrogen-bond acceptors (Lipinski definition) is 9. The van der Waals surface area contributed by atoms with Gasteiger partial charge in [-0.2, -0.15) is 0 Å². The minimum absolute atomic E-state index is 0.140. The molecule has 4 rings (SSSR count). The predicted molar refractivity (Wildman–Crippen MR) is 118 cm³/mol. The zero-order valence-electron chi connectivity index (χ0n) is 15.8. The van der Waals surface area contributed by atoms with E-state index >= 15 is 0 Å². The fourth-order valence-electron chi connectivity index (χ4n) is 2.61. The van der Waals surface area contributed by atoms with Gasteiger partial charge in [0.2, 0.25) is 17.8 Å². The lowest BCUT2D eigenvalue weighted by Crippen LogP contribution is -2.14. The van der Waals surface area contributed by atoms with Crippen LogP contribution in [0.4, 0.5) is 16.5 Å². The van der Waals surface area contributed by atoms with Crippen molar-refractivity contribution in [2.45, 2.75) is 11.3 Å². The number of ether oxygens (including phenoxy) is 3. The van der Waals surface area contributed by atoms with E-state index in [1.807, 2.05) is 31.2 Å². The molecule has 0 bridgehead atoms. The van der Waals surface area contributed by atoms with Gasteiger partial charge in [-0.3, -0.25) is 4.79 Å². The third-order valence-electron chi connectivity index (χ3n) is 3.90. The summed E-state index contributed by atoms with van der Waals surface area (Å²) in [6, 6.07) is 10.9. The average Bonchev–Trinajstić information content (AvgIpc) is 3.37. The maximum atomic E-state index is 12.3. The fourth-order valence-corrected chi connectivity index (χ4v) is 4.38. The quantitative estimate of drug-likeness (QED) is 0.459. The van der Waals surface area contributed by atoms with Crippen LogP contribution in [-0.4, -0.2) is 35.3 Å². The van der Waals surface area contributed by atoms with Crippen molar-refractivity contribution >= 4 is 57.1 Å². The summed E-state index contributed by atoms with van der Waals surface area (Å²) >= 11 is 8.83. The molecule has 2 aromatic carbocycles. The van der Waals surface area contributed by atoms with Gasteiger partial charge in [-0.25, -0.2) is 0 Å². The van der Waals surface area contributed by atoms with E-state index in [9.17, 15) is 4.79 Å². The summed E-state index contributed by atoms with van der Waals surface area (Å²) in [5, 5.41) is 15.2. The van der Waals surface area contributed by atoms with E-state index in [-0.39, 0.29) is 18.5 Å². The number of fused-ring (bicyclic) bond motifs is 1. The summed E-state index contributed by atoms with van der Waals surface area (Å²) in [5.74, 6) is 1.80. The van der Waals surface area contributed by atoms with Crippen molar-refractivity contribution < 1.29 is 19.0 Å². The van der Waals surface area contributed by atoms with Crippen molar-refractivity contribution in [3.63, 3.8) is 0 Å². The van der Waals surface area contributed by atoms with Crippen LogP contribution in [0.2, 0.25) is 5.02 Å². The summed E-state index contributed by atoms with van der Waals surface area (Å²) in [6.45, 7) is 2.64. The molecule has 0 spiro atoms. The number of nitrogens with one attached hydrogen (secondary N) is 2. The zero-order chi connectivity index (χ0) is 20.9. The van der Waals surface area contributed by atoms with Crippen LogP contribution in [0, 0.1) is 0 Å². The lowest BCUT2D eigenvalue weighted by atomic mass is 10.2. The molecule has 0 saturated heterocycles. The molecular formula is C19H17ClN4O4S2. The molecule has 0 atom stereocenters. The van der Waals surface area contributed by atoms with Crippen LogP contribution in [0.1, 0.15) is 6.92 Å². The first-order valence-corrected chi connectivity index (χ1v) is 11.1. The Morgan fingerprint density at radius 3 is 2.87 bits per heavy atom. The average molecular weight is 465 g/mol. The highest BCUT2D eigenvalue weighted by Gasteiger charge is 2.18. The Morgan fingerprint density at radius 1 is 1.23 bits per heavy atom. The van der Waals surface area contributed by atoms with Crippen molar-refractivity contribution in [3.05, 3.63) is 41.4 Å². The fraction of sp³-hybridized carbons (Fsp3) is 0.211. The largest absolute Gasteiger partial charge is 0.492 e. The molecule has 0 fully saturated rings. The van der Waals surface area contributed by atoms with Gasteiger partial charge in [-0.1, -0.05) is 46.8 Å². The first-order valence-electron chi connectivity index (χ1n) is 8.96. The highest BCUT2D eigenvalue weighted by atomic mass is 35.5. The summed E-state index contributed by atoms with van der Waals surface area (Å²) < 4.78 is 16.8. The number of thioether (sulfide) groups is 1. The van der Waals surface area contributed by atoms with Gasteiger partial charge in [-0.05, 0) is 19.1 Å². The molecule has 11 heteroatoms. The van der Waals surface area contributed by atoms with Gasteiger partial charge in [0.15, 0.2) is 15.8 Å². The SMILES string of the molecule is CCOc1ccccc1Nc1nnc(SCC(=O)Nc2cc3c(cc2Cl)OCO3)s1. The Morgan fingerprint density at radius 2 is 2.03 bits per heavy atom. The van der Waals surface area contributed by atoms with Crippen LogP contribution in [0.3, 0.4) is 0 Å². The number of nitrogens with zero attached hydrogens (tertiary/aromatic N) is 2. The first kappa shape index (κ1) is 20.6. The first-order chi connectivity index (χ1) is 14.6. The normalized spacial score (nSPS) is 11.9. The predicted octanol–water partition coefficient (Wildman–Crippen LogP) is 4.79. The Balaban J connectivity index is 1.33. The van der Waals surface area contributed by atoms with Gasteiger partial charge in [0.05, 0.1) is 28.8 Å². The van der Waals surface area contributed by atoms with E-state index in [4.69, 9.17) is 25.8 Å². The highest BCUT2D eigenvalue weighted by Crippen LogP contribution is 2.39. The highest BCUT2D eigenvalue weighted by molar-refractivity contribution is 8.01. The second-order valence-corrected chi connectivity index (χ2v) is 8.56. The van der Waals surface area contributed by atoms with E-state index in [1.54, 1.807) is 12.1 Å². The topological polar surface area (TPSA) is 94.6 Å². The number of halogens is 1. The molecule has 1 aliphatic heterocycles. The molecule has 0 aliphatic carbocycles. The number of hydrogen-bond donors (Lipinski definition) is 2. The number of rotatable bonds is 8. The Labute approximate surface area is 185 Å². The number of anilines is 3. The van der Waals surface area contributed by atoms with Crippen molar-refractivity contribution in [3.8, 4) is 17.2 Å². The number of carbonyl (C=O) groups excluding carboxylic acids is 1. The van der Waals surface area contributed by atoms with E-state index in [1.165, 1.54) is 23.1 Å². The Kier molecular flexibility index (Phi) is 6.46. The molecule has 0 unspecified atom stereocenters. The second kappa shape index (κ2) is 9.41. The van der Waals surface area contributed by atoms with Gasteiger partial charge >= 0.3 is 0 Å². The van der Waals surface area contributed by atoms with Gasteiger partial charge < -0.3 is 24.8 Å². The molecular weight excluding hydrogens is 448 g/mol. The van der Waals surface area contributed by atoms with E-state index in [0.717, 1.165) is 11.4 Å². The van der Waals surface area contributed by atoms with Gasteiger partial charge in [0.25, 0.3) is 0 Å². The third-order valence-corrected chi connectivity index (χ3v) is 6.18. The molecule has 30 heavy (non-hydrogen) atoms. The second-order valence-electron chi connectivity index (χ2n) is 5.95. The van der Waals surface area contributed by atoms with E-state index < -0.39 is 0 Å². The monoisotopic (exact) mass is 464 g/mol. The van der Waals surface area contributed by atoms with Crippen molar-refractivity contribution in [2.24, 2.45) is 0 Å². The lowest BCUT2D eigenvalue weighted by Gasteiger charge is -2.09. The summed E-state index contributed by atoms with van der Waals surface area (Å²) in [6.07, 6.45) is 0. The standard InChI is InChI=1S/C19H17ClN4O4S2/c1-2-26-14-6-4-3-5-12(14)22-18-23-24-19(30-18)29-9-17(25)21-13-8-16-15(7-11(13)20)27-10-28-16/h3-8H,2,9-10H2,1H3,(H,21,25)(H,22,23). The molecule has 8 nitrogen and oxygen atoms in total. The molecule has 2 heterocycles. The van der Waals surface area contributed by atoms with Crippen LogP contribution >= 0.6 is 34.7 Å². The minimum atomic E-state index is -0.216. The zero-order valence-corrected chi connectivity index (χ0v) is 18.2. The molecule has 1 aliphatic rings. The van der Waals surface area contributed by atoms with Crippen LogP contribution < -0.4 is 24.8 Å². The Hall–Kier alpha value is -2.69. The lowest BCUT2D eigenvalue weighted by molar-refractivity contribution is -0.113. The molecule has 1 amide bonds. The molecule has 1 aromatic heterocycles. The smallest absolute Gasteiger partial charge is 0.234 e. The number of amides is 1. The Bertz CT molecular complexity index is 1060. The van der Waals surface area contributed by atoms with Gasteiger partial charge in [0, 0.05) is 12.1 Å². The number of benzene rings is 2. The van der Waals surface area contributed by atoms with Gasteiger partial charge in [0.1, 0.15) is 5.75 Å². The van der Waals surface area contributed by atoms with Crippen LogP contribution in [0.5, 0.6) is 17.2 Å². The minimum Gasteiger partial charge on any atom is -0.492 e. The third kappa shape index (κ3) is 4.89. The molecule has 2 N–H and O–H groups in total. The van der Waals surface area contributed by atoms with E-state index in [0.29, 0.717) is 38.3 Å². The summed E-state index contributed by atoms with van der Waals surface area (Å²) in [4.78, 5) is 12.3. The molecule has 3 aromatic rings. The van der Waals surface area contributed by atoms with Crippen LogP contribution in [0.15, 0.2) is 40.7 Å². The molecule has 156 valence electrons. The maximum Gasteiger partial charge on any atom is 0.234 e. The van der Waals surface area contributed by atoms with Gasteiger partial charge in [-0.15, -0.1) is 10.2 Å². The molecule has 0 saturated carbocycles. The summed E-state index contributed by atoms with van der Waals surface area (Å²) in [7, 11) is 0. The van der Waals surface area contributed by atoms with E-state index in [2.05, 4.69) is 20.8 Å². The number of aromatic nitrogens is 2. The van der Waals surface area contributed by atoms with Crippen LogP contribution in [0.25, 0.3) is 0 Å².